The van der Waals surface area contributed by atoms with Gasteiger partial charge in [-0.05, 0) is 35.4 Å². The average Bonchev–Trinajstić information content (AvgIpc) is 3.95. The Bertz CT molecular complexity index is 1710. The summed E-state index contributed by atoms with van der Waals surface area (Å²) in [5.41, 5.74) is 3.11. The fourth-order valence-electron chi connectivity index (χ4n) is 6.81. The number of rotatable bonds is 21. The van der Waals surface area contributed by atoms with E-state index in [0.717, 1.165) is 16.7 Å². The summed E-state index contributed by atoms with van der Waals surface area (Å²) >= 11 is 0. The van der Waals surface area contributed by atoms with E-state index in [-0.39, 0.29) is 77.5 Å². The summed E-state index contributed by atoms with van der Waals surface area (Å²) in [6.45, 7) is 2.76. The first-order valence-electron chi connectivity index (χ1n) is 17.9. The molecule has 0 bridgehead atoms. The number of carbonyl (C=O) groups excluding carboxylic acids is 4. The molecule has 2 aromatic carbocycles. The van der Waals surface area contributed by atoms with E-state index >= 15 is 0 Å². The summed E-state index contributed by atoms with van der Waals surface area (Å²) in [6, 6.07) is 7.51. The zero-order chi connectivity index (χ0) is 38.7. The van der Waals surface area contributed by atoms with Crippen LogP contribution in [-0.4, -0.2) is 129 Å². The molecule has 3 amide bonds. The van der Waals surface area contributed by atoms with Crippen LogP contribution in [0.4, 0.5) is 0 Å². The fourth-order valence-corrected chi connectivity index (χ4v) is 6.81. The lowest BCUT2D eigenvalue weighted by atomic mass is 9.65. The molecule has 18 nitrogen and oxygen atoms in total. The minimum atomic E-state index is -0.721. The van der Waals surface area contributed by atoms with Crippen molar-refractivity contribution in [2.24, 2.45) is 17.0 Å². The molecule has 1 aliphatic carbocycles. The Morgan fingerprint density at radius 1 is 0.800 bits per heavy atom. The number of methoxy groups -OCH3 is 3. The van der Waals surface area contributed by atoms with E-state index in [4.69, 9.17) is 52.3 Å². The van der Waals surface area contributed by atoms with Crippen LogP contribution in [0.3, 0.4) is 0 Å². The molecule has 1 unspecified atom stereocenters. The Labute approximate surface area is 317 Å². The minimum Gasteiger partial charge on any atom is -0.493 e. The van der Waals surface area contributed by atoms with Gasteiger partial charge in [0.25, 0.3) is 11.8 Å². The summed E-state index contributed by atoms with van der Waals surface area (Å²) < 4.78 is 50.4. The van der Waals surface area contributed by atoms with Crippen molar-refractivity contribution in [1.29, 1.82) is 0 Å². The van der Waals surface area contributed by atoms with Gasteiger partial charge in [0, 0.05) is 30.9 Å². The Morgan fingerprint density at radius 2 is 1.40 bits per heavy atom. The summed E-state index contributed by atoms with van der Waals surface area (Å²) in [5, 5.41) is 7.92. The number of carbonyl (C=O) groups is 4. The van der Waals surface area contributed by atoms with E-state index in [9.17, 15) is 19.2 Å². The molecule has 0 spiro atoms. The summed E-state index contributed by atoms with van der Waals surface area (Å²) in [5.74, 6) is -0.840. The maximum absolute atomic E-state index is 14.1. The van der Waals surface area contributed by atoms with Crippen molar-refractivity contribution >= 4 is 29.4 Å². The highest BCUT2D eigenvalue weighted by Gasteiger charge is 2.49. The molecule has 1 N–H and O–H groups in total. The maximum Gasteiger partial charge on any atom is 0.335 e. The van der Waals surface area contributed by atoms with Crippen molar-refractivity contribution in [3.8, 4) is 28.7 Å². The van der Waals surface area contributed by atoms with Crippen molar-refractivity contribution in [1.82, 2.24) is 10.4 Å². The predicted molar refractivity (Wildman–Crippen MR) is 188 cm³/mol. The predicted octanol–water partition coefficient (Wildman–Crippen LogP) is 1.73. The number of ether oxygens (including phenoxy) is 9. The topological polar surface area (TPSA) is 197 Å². The van der Waals surface area contributed by atoms with Crippen LogP contribution in [0.15, 0.2) is 29.4 Å². The van der Waals surface area contributed by atoms with Gasteiger partial charge in [0.05, 0.1) is 98.2 Å². The highest BCUT2D eigenvalue weighted by Crippen LogP contribution is 2.52. The van der Waals surface area contributed by atoms with E-state index in [1.807, 2.05) is 24.3 Å². The molecular formula is C37H45N3O15. The van der Waals surface area contributed by atoms with Crippen molar-refractivity contribution in [3.05, 3.63) is 41.0 Å². The van der Waals surface area contributed by atoms with E-state index in [2.05, 4.69) is 10.5 Å². The lowest BCUT2D eigenvalue weighted by Gasteiger charge is -2.37. The van der Waals surface area contributed by atoms with Crippen LogP contribution in [-0.2, 0) is 47.8 Å². The molecule has 4 aliphatic rings. The third-order valence-electron chi connectivity index (χ3n) is 9.38. The zero-order valence-corrected chi connectivity index (χ0v) is 31.0. The third-order valence-corrected chi connectivity index (χ3v) is 9.38. The molecule has 0 aromatic heterocycles. The first-order valence-corrected chi connectivity index (χ1v) is 17.9. The Balaban J connectivity index is 0.933. The van der Waals surface area contributed by atoms with Crippen LogP contribution in [0, 0.1) is 11.8 Å². The number of nitrogens with one attached hydrogen (secondary N) is 1. The molecule has 0 radical (unpaired) electrons. The molecule has 2 aromatic rings. The molecule has 0 saturated carbocycles. The van der Waals surface area contributed by atoms with Gasteiger partial charge in [0.1, 0.15) is 6.61 Å². The standard InChI is InChI=1S/C37H45N3O15/c1-45-28-16-22(17-29(46-2)36(28)47-3)33-23-18-26-27(53-21-52-26)19-24(23)35-25(20-54-39-35)34(33)37(44)38-7-9-49-11-13-51-15-14-50-12-10-48-8-6-32(43)55-40-30(41)4-5-31(40)42/h16-19,25,33-34H,4-15,20-21H2,1-3H3,(H,38,44)/t25?,33-,34+/m1/s1. The Morgan fingerprint density at radius 3 is 2.02 bits per heavy atom. The van der Waals surface area contributed by atoms with Gasteiger partial charge in [-0.3, -0.25) is 14.4 Å². The van der Waals surface area contributed by atoms with Gasteiger partial charge in [0.2, 0.25) is 18.4 Å². The van der Waals surface area contributed by atoms with Crippen LogP contribution in [0.1, 0.15) is 41.9 Å². The monoisotopic (exact) mass is 771 g/mol. The van der Waals surface area contributed by atoms with Crippen LogP contribution in [0.5, 0.6) is 28.7 Å². The van der Waals surface area contributed by atoms with E-state index in [0.29, 0.717) is 65.9 Å². The summed E-state index contributed by atoms with van der Waals surface area (Å²) in [7, 11) is 4.63. The van der Waals surface area contributed by atoms with Crippen LogP contribution >= 0.6 is 0 Å². The normalized spacial score (nSPS) is 19.4. The van der Waals surface area contributed by atoms with Crippen LogP contribution in [0.25, 0.3) is 0 Å². The van der Waals surface area contributed by atoms with Gasteiger partial charge in [-0.25, -0.2) is 4.79 Å². The van der Waals surface area contributed by atoms with Crippen LogP contribution in [0.2, 0.25) is 0 Å². The van der Waals surface area contributed by atoms with Crippen LogP contribution < -0.4 is 29.0 Å². The van der Waals surface area contributed by atoms with Crippen molar-refractivity contribution in [2.75, 3.05) is 94.1 Å². The first kappa shape index (κ1) is 39.5. The van der Waals surface area contributed by atoms with Gasteiger partial charge < -0.3 is 57.6 Å². The molecule has 3 atom stereocenters. The molecule has 3 aliphatic heterocycles. The van der Waals surface area contributed by atoms with Gasteiger partial charge in [-0.1, -0.05) is 5.16 Å². The number of hydroxylamine groups is 2. The molecule has 3 heterocycles. The average molecular weight is 772 g/mol. The fraction of sp³-hybridized carbons (Fsp3) is 0.541. The number of oxime groups is 1. The Kier molecular flexibility index (Phi) is 13.6. The number of fused-ring (bicyclic) bond motifs is 4. The summed E-state index contributed by atoms with van der Waals surface area (Å²) in [6.07, 6.45) is -0.0230. The summed E-state index contributed by atoms with van der Waals surface area (Å²) in [4.78, 5) is 59.2. The lowest BCUT2D eigenvalue weighted by Crippen LogP contribution is -2.46. The van der Waals surface area contributed by atoms with E-state index < -0.39 is 29.6 Å². The third kappa shape index (κ3) is 9.21. The number of amides is 3. The largest absolute Gasteiger partial charge is 0.493 e. The van der Waals surface area contributed by atoms with E-state index in [1.165, 1.54) is 7.11 Å². The van der Waals surface area contributed by atoms with Gasteiger partial charge in [-0.2, -0.15) is 0 Å². The highest BCUT2D eigenvalue weighted by molar-refractivity contribution is 6.09. The Hall–Kier alpha value is -5.17. The molecule has 1 fully saturated rings. The van der Waals surface area contributed by atoms with Gasteiger partial charge in [-0.15, -0.1) is 5.06 Å². The van der Waals surface area contributed by atoms with Crippen molar-refractivity contribution in [2.45, 2.75) is 25.2 Å². The quantitative estimate of drug-likeness (QED) is 0.142. The number of benzene rings is 2. The van der Waals surface area contributed by atoms with Crippen molar-refractivity contribution < 1.29 is 71.5 Å². The highest BCUT2D eigenvalue weighted by atomic mass is 16.7. The molecule has 6 rings (SSSR count). The second-order valence-electron chi connectivity index (χ2n) is 12.7. The van der Waals surface area contributed by atoms with Gasteiger partial charge >= 0.3 is 5.97 Å². The first-order chi connectivity index (χ1) is 26.8. The number of imide groups is 1. The number of hydrogen-bond donors (Lipinski definition) is 1. The minimum absolute atomic E-state index is 0.0405. The second-order valence-corrected chi connectivity index (χ2v) is 12.7. The van der Waals surface area contributed by atoms with Gasteiger partial charge in [0.15, 0.2) is 23.0 Å². The molecule has 298 valence electrons. The lowest BCUT2D eigenvalue weighted by molar-refractivity contribution is -0.198. The molecule has 1 saturated heterocycles. The molecule has 18 heteroatoms. The van der Waals surface area contributed by atoms with E-state index in [1.54, 1.807) is 14.2 Å². The molecular weight excluding hydrogens is 726 g/mol. The smallest absolute Gasteiger partial charge is 0.335 e. The molecule has 55 heavy (non-hydrogen) atoms. The second kappa shape index (κ2) is 18.9. The SMILES string of the molecule is COc1cc([C@@H]2c3cc4c(cc3C3=NOCC3[C@@H]2C(=O)NCCOCCOCCOCCOCCC(=O)ON2C(=O)CCC2=O)OCO4)cc(OC)c1OC. The van der Waals surface area contributed by atoms with Crippen molar-refractivity contribution in [3.63, 3.8) is 0 Å². The maximum atomic E-state index is 14.1. The number of nitrogens with zero attached hydrogens (tertiary/aromatic N) is 2. The number of hydrogen-bond acceptors (Lipinski definition) is 16. The zero-order valence-electron chi connectivity index (χ0n) is 31.0.